The van der Waals surface area contributed by atoms with Crippen LogP contribution in [0.1, 0.15) is 30.6 Å². The molecule has 1 N–H and O–H groups in total. The van der Waals surface area contributed by atoms with Crippen molar-refractivity contribution >= 4 is 11.8 Å². The number of rotatable bonds is 8. The maximum atomic E-state index is 12.1. The lowest BCUT2D eigenvalue weighted by Crippen LogP contribution is -2.46. The van der Waals surface area contributed by atoms with Crippen LogP contribution in [0.2, 0.25) is 0 Å². The largest absolute Gasteiger partial charge is 0.477 e. The Kier molecular flexibility index (Phi) is 5.66. The van der Waals surface area contributed by atoms with Crippen LogP contribution >= 0.6 is 0 Å². The molecule has 0 aliphatic heterocycles. The molecule has 5 nitrogen and oxygen atoms in total. The molecular weight excluding hydrogens is 248 g/mol. The van der Waals surface area contributed by atoms with Crippen molar-refractivity contribution in [1.29, 1.82) is 0 Å². The molecule has 1 aromatic rings. The van der Waals surface area contributed by atoms with E-state index in [1.54, 1.807) is 44.2 Å². The quantitative estimate of drug-likeness (QED) is 0.576. The summed E-state index contributed by atoms with van der Waals surface area (Å²) in [6.45, 7) is 3.61. The van der Waals surface area contributed by atoms with Crippen molar-refractivity contribution in [3.8, 4) is 0 Å². The summed E-state index contributed by atoms with van der Waals surface area (Å²) >= 11 is 0. The van der Waals surface area contributed by atoms with Crippen molar-refractivity contribution in [2.24, 2.45) is 0 Å². The zero-order valence-electron chi connectivity index (χ0n) is 11.1. The summed E-state index contributed by atoms with van der Waals surface area (Å²) in [6, 6.07) is 8.49. The molecule has 0 aromatic heterocycles. The highest BCUT2D eigenvalue weighted by Gasteiger charge is 2.43. The van der Waals surface area contributed by atoms with E-state index in [2.05, 4.69) is 0 Å². The van der Waals surface area contributed by atoms with Gasteiger partial charge in [0.25, 0.3) is 5.79 Å². The maximum absolute atomic E-state index is 12.1. The van der Waals surface area contributed by atoms with E-state index in [0.29, 0.717) is 5.56 Å². The summed E-state index contributed by atoms with van der Waals surface area (Å²) in [4.78, 5) is 23.5. The Morgan fingerprint density at radius 3 is 2.05 bits per heavy atom. The van der Waals surface area contributed by atoms with Gasteiger partial charge >= 0.3 is 5.97 Å². The van der Waals surface area contributed by atoms with Gasteiger partial charge < -0.3 is 14.6 Å². The molecule has 19 heavy (non-hydrogen) atoms. The van der Waals surface area contributed by atoms with Crippen LogP contribution < -0.4 is 0 Å². The van der Waals surface area contributed by atoms with E-state index in [4.69, 9.17) is 9.47 Å². The fraction of sp³-hybridized carbons (Fsp3) is 0.429. The highest BCUT2D eigenvalue weighted by molar-refractivity contribution is 5.99. The molecule has 0 amide bonds. The second-order valence-corrected chi connectivity index (χ2v) is 3.89. The minimum atomic E-state index is -1.91. The van der Waals surface area contributed by atoms with Crippen molar-refractivity contribution in [2.45, 2.75) is 26.1 Å². The van der Waals surface area contributed by atoms with E-state index in [1.165, 1.54) is 0 Å². The Bertz CT molecular complexity index is 421. The Morgan fingerprint density at radius 2 is 1.63 bits per heavy atom. The highest BCUT2D eigenvalue weighted by Crippen LogP contribution is 2.21. The van der Waals surface area contributed by atoms with Crippen molar-refractivity contribution in [2.75, 3.05) is 13.2 Å². The van der Waals surface area contributed by atoms with Crippen molar-refractivity contribution in [1.82, 2.24) is 0 Å². The molecule has 0 radical (unpaired) electrons. The average Bonchev–Trinajstić information content (AvgIpc) is 2.40. The summed E-state index contributed by atoms with van der Waals surface area (Å²) in [5, 5.41) is 9.28. The first-order valence-electron chi connectivity index (χ1n) is 6.15. The van der Waals surface area contributed by atoms with Crippen LogP contribution in [-0.4, -0.2) is 35.9 Å². The van der Waals surface area contributed by atoms with Gasteiger partial charge in [-0.3, -0.25) is 4.79 Å². The summed E-state index contributed by atoms with van der Waals surface area (Å²) in [7, 11) is 0. The van der Waals surface area contributed by atoms with Gasteiger partial charge in [-0.1, -0.05) is 30.3 Å². The number of Topliss-reactive ketones (excluding diaryl/α,β-unsaturated/α-hetero) is 1. The number of hydrogen-bond donors (Lipinski definition) is 1. The first kappa shape index (κ1) is 15.3. The van der Waals surface area contributed by atoms with E-state index in [1.807, 2.05) is 0 Å². The van der Waals surface area contributed by atoms with Gasteiger partial charge in [0.2, 0.25) is 0 Å². The molecule has 0 aliphatic carbocycles. The lowest BCUT2D eigenvalue weighted by molar-refractivity contribution is -0.239. The van der Waals surface area contributed by atoms with Crippen LogP contribution in [0.5, 0.6) is 0 Å². The fourth-order valence-corrected chi connectivity index (χ4v) is 1.75. The third-order valence-electron chi connectivity index (χ3n) is 2.57. The minimum absolute atomic E-state index is 0.147. The van der Waals surface area contributed by atoms with Crippen LogP contribution in [-0.2, 0) is 14.3 Å². The summed E-state index contributed by atoms with van der Waals surface area (Å²) in [5.74, 6) is -3.53. The molecule has 0 heterocycles. The smallest absolute Gasteiger partial charge is 0.364 e. The second kappa shape index (κ2) is 7.01. The number of hydrogen-bond acceptors (Lipinski definition) is 4. The van der Waals surface area contributed by atoms with Gasteiger partial charge in [0.05, 0.1) is 6.42 Å². The van der Waals surface area contributed by atoms with E-state index >= 15 is 0 Å². The summed E-state index contributed by atoms with van der Waals surface area (Å²) in [6.07, 6.45) is -0.353. The normalized spacial score (nSPS) is 11.3. The zero-order valence-corrected chi connectivity index (χ0v) is 11.1. The first-order valence-corrected chi connectivity index (χ1v) is 6.15. The highest BCUT2D eigenvalue weighted by atomic mass is 16.7. The van der Waals surface area contributed by atoms with Gasteiger partial charge in [-0.25, -0.2) is 4.79 Å². The standard InChI is InChI=1S/C14H18O5/c1-3-18-14(13(16)17,19-4-2)10-12(15)11-8-6-5-7-9-11/h5-9H,3-4,10H2,1-2H3,(H,16,17). The van der Waals surface area contributed by atoms with Crippen LogP contribution in [0.25, 0.3) is 0 Å². The van der Waals surface area contributed by atoms with E-state index < -0.39 is 11.8 Å². The van der Waals surface area contributed by atoms with Crippen molar-refractivity contribution < 1.29 is 24.2 Å². The molecule has 0 unspecified atom stereocenters. The summed E-state index contributed by atoms with van der Waals surface area (Å²) < 4.78 is 10.4. The minimum Gasteiger partial charge on any atom is -0.477 e. The number of carboxylic acids is 1. The van der Waals surface area contributed by atoms with Crippen LogP contribution in [0, 0.1) is 0 Å². The van der Waals surface area contributed by atoms with Crippen LogP contribution in [0.4, 0.5) is 0 Å². The SMILES string of the molecule is CCOC(CC(=O)c1ccccc1)(OCC)C(=O)O. The van der Waals surface area contributed by atoms with Gasteiger partial charge in [-0.05, 0) is 13.8 Å². The number of aliphatic carboxylic acids is 1. The first-order chi connectivity index (χ1) is 9.05. The van der Waals surface area contributed by atoms with Crippen molar-refractivity contribution in [3.05, 3.63) is 35.9 Å². The van der Waals surface area contributed by atoms with Crippen molar-refractivity contribution in [3.63, 3.8) is 0 Å². The van der Waals surface area contributed by atoms with Crippen LogP contribution in [0.15, 0.2) is 30.3 Å². The number of benzene rings is 1. The number of carbonyl (C=O) groups is 2. The lowest BCUT2D eigenvalue weighted by Gasteiger charge is -2.28. The van der Waals surface area contributed by atoms with Gasteiger partial charge in [0.1, 0.15) is 0 Å². The van der Waals surface area contributed by atoms with Gasteiger partial charge in [0, 0.05) is 18.8 Å². The molecule has 0 fully saturated rings. The number of ketones is 1. The molecule has 0 atom stereocenters. The number of carboxylic acid groups (broad SMARTS) is 1. The van der Waals surface area contributed by atoms with Gasteiger partial charge in [-0.15, -0.1) is 0 Å². The molecule has 0 aliphatic rings. The molecular formula is C14H18O5. The van der Waals surface area contributed by atoms with Crippen LogP contribution in [0.3, 0.4) is 0 Å². The Morgan fingerprint density at radius 1 is 1.11 bits per heavy atom. The predicted molar refractivity (Wildman–Crippen MR) is 69.0 cm³/mol. The second-order valence-electron chi connectivity index (χ2n) is 3.89. The zero-order chi connectivity index (χ0) is 14.3. The molecule has 1 rings (SSSR count). The fourth-order valence-electron chi connectivity index (χ4n) is 1.75. The number of ether oxygens (including phenoxy) is 2. The maximum Gasteiger partial charge on any atom is 0.364 e. The molecule has 0 spiro atoms. The monoisotopic (exact) mass is 266 g/mol. The third-order valence-corrected chi connectivity index (χ3v) is 2.57. The molecule has 1 aromatic carbocycles. The Hall–Kier alpha value is -1.72. The Labute approximate surface area is 112 Å². The number of carbonyl (C=O) groups excluding carboxylic acids is 1. The third kappa shape index (κ3) is 3.87. The van der Waals surface area contributed by atoms with E-state index in [0.717, 1.165) is 0 Å². The van der Waals surface area contributed by atoms with E-state index in [-0.39, 0.29) is 25.4 Å². The lowest BCUT2D eigenvalue weighted by atomic mass is 10.0. The Balaban J connectivity index is 2.94. The molecule has 104 valence electrons. The van der Waals surface area contributed by atoms with Gasteiger partial charge in [0.15, 0.2) is 5.78 Å². The molecule has 0 bridgehead atoms. The topological polar surface area (TPSA) is 72.8 Å². The van der Waals surface area contributed by atoms with Gasteiger partial charge in [-0.2, -0.15) is 0 Å². The summed E-state index contributed by atoms with van der Waals surface area (Å²) in [5.41, 5.74) is 0.438. The van der Waals surface area contributed by atoms with E-state index in [9.17, 15) is 14.7 Å². The predicted octanol–water partition coefficient (Wildman–Crippen LogP) is 2.11. The molecule has 0 saturated carbocycles. The molecule has 0 saturated heterocycles. The average molecular weight is 266 g/mol. The molecule has 5 heteroatoms.